The SMILES string of the molecule is N=C(c1ccccc1)N1C(c2ccccc2)[N@@]1Cc1ccc(-n2c3ccccc3c3cc(-c4ccc5c6ccccc6n(-c6ccccc6)c5c4)ccc32)cc1. The predicted molar refractivity (Wildman–Crippen MR) is 230 cm³/mol. The van der Waals surface area contributed by atoms with Gasteiger partial charge in [-0.3, -0.25) is 10.4 Å². The fourth-order valence-corrected chi connectivity index (χ4v) is 8.66. The molecule has 11 rings (SSSR count). The van der Waals surface area contributed by atoms with Gasteiger partial charge in [-0.1, -0.05) is 146 Å². The Balaban J connectivity index is 0.948. The maximum absolute atomic E-state index is 9.06. The Morgan fingerprint density at radius 1 is 0.429 bits per heavy atom. The van der Waals surface area contributed by atoms with Crippen molar-refractivity contribution < 1.29 is 0 Å². The average Bonchev–Trinajstić information content (AvgIpc) is 3.74. The monoisotopic (exact) mass is 719 g/mol. The van der Waals surface area contributed by atoms with Crippen LogP contribution in [0.5, 0.6) is 0 Å². The van der Waals surface area contributed by atoms with Crippen molar-refractivity contribution in [1.29, 1.82) is 5.41 Å². The van der Waals surface area contributed by atoms with Crippen molar-refractivity contribution in [2.45, 2.75) is 12.7 Å². The first-order chi connectivity index (χ1) is 27.7. The van der Waals surface area contributed by atoms with E-state index in [9.17, 15) is 0 Å². The number of para-hydroxylation sites is 3. The molecule has 266 valence electrons. The van der Waals surface area contributed by atoms with E-state index in [1.54, 1.807) is 0 Å². The highest BCUT2D eigenvalue weighted by atomic mass is 15.9. The summed E-state index contributed by atoms with van der Waals surface area (Å²) in [5.41, 5.74) is 12.8. The first-order valence-electron chi connectivity index (χ1n) is 19.2. The standard InChI is InChI=1S/C51H37N5/c52-50(36-14-4-1-5-15-36)56-51(37-16-6-2-7-17-37)53(56)34-35-24-28-41(29-25-35)54-47-23-13-11-21-43(47)45-32-38(27-31-48(45)54)39-26-30-44-42-20-10-12-22-46(42)55(49(44)33-39)40-18-8-3-9-19-40/h1-33,51-52H,34H2/t51?,53-,56?/m1/s1. The third-order valence-corrected chi connectivity index (χ3v) is 11.3. The predicted octanol–water partition coefficient (Wildman–Crippen LogP) is 12.3. The normalized spacial score (nSPS) is 15.2. The lowest BCUT2D eigenvalue weighted by Crippen LogP contribution is -2.16. The maximum atomic E-state index is 9.06. The number of aromatic nitrogens is 2. The van der Waals surface area contributed by atoms with Crippen molar-refractivity contribution in [3.63, 3.8) is 0 Å². The van der Waals surface area contributed by atoms with Gasteiger partial charge in [-0.25, -0.2) is 0 Å². The molecule has 2 atom stereocenters. The third kappa shape index (κ3) is 5.24. The zero-order valence-electron chi connectivity index (χ0n) is 30.6. The van der Waals surface area contributed by atoms with Gasteiger partial charge in [0.05, 0.1) is 22.1 Å². The summed E-state index contributed by atoms with van der Waals surface area (Å²) in [6.07, 6.45) is 0.0255. The van der Waals surface area contributed by atoms with Gasteiger partial charge >= 0.3 is 0 Å². The molecule has 0 aliphatic carbocycles. The molecule has 1 N–H and O–H groups in total. The van der Waals surface area contributed by atoms with Gasteiger partial charge in [0.1, 0.15) is 12.0 Å². The summed E-state index contributed by atoms with van der Waals surface area (Å²) >= 11 is 0. The summed E-state index contributed by atoms with van der Waals surface area (Å²) in [7, 11) is 0. The van der Waals surface area contributed by atoms with Crippen LogP contribution in [0.4, 0.5) is 0 Å². The van der Waals surface area contributed by atoms with E-state index in [1.165, 1.54) is 65.9 Å². The van der Waals surface area contributed by atoms with Gasteiger partial charge in [0.2, 0.25) is 0 Å². The molecule has 10 aromatic rings. The molecule has 5 nitrogen and oxygen atoms in total. The first-order valence-corrected chi connectivity index (χ1v) is 19.2. The van der Waals surface area contributed by atoms with E-state index in [-0.39, 0.29) is 6.17 Å². The number of hydrogen-bond donors (Lipinski definition) is 1. The minimum Gasteiger partial charge on any atom is -0.309 e. The highest BCUT2D eigenvalue weighted by Gasteiger charge is 2.48. The molecule has 0 spiro atoms. The minimum atomic E-state index is 0.0255. The summed E-state index contributed by atoms with van der Waals surface area (Å²) < 4.78 is 4.77. The van der Waals surface area contributed by atoms with E-state index in [2.05, 4.69) is 183 Å². The van der Waals surface area contributed by atoms with Crippen LogP contribution in [0.3, 0.4) is 0 Å². The van der Waals surface area contributed by atoms with Crippen LogP contribution in [-0.4, -0.2) is 25.0 Å². The van der Waals surface area contributed by atoms with Crippen molar-refractivity contribution in [3.05, 3.63) is 217 Å². The van der Waals surface area contributed by atoms with Crippen molar-refractivity contribution >= 4 is 49.4 Å². The molecule has 1 aliphatic heterocycles. The lowest BCUT2D eigenvalue weighted by Gasteiger charge is -2.11. The highest BCUT2D eigenvalue weighted by molar-refractivity contribution is 6.12. The van der Waals surface area contributed by atoms with Gasteiger partial charge in [-0.15, -0.1) is 0 Å². The summed E-state index contributed by atoms with van der Waals surface area (Å²) in [4.78, 5) is 0. The lowest BCUT2D eigenvalue weighted by molar-refractivity contribution is 0.391. The molecule has 1 aliphatic rings. The summed E-state index contributed by atoms with van der Waals surface area (Å²) in [5.74, 6) is 0.513. The molecule has 3 heterocycles. The molecule has 0 amide bonds. The van der Waals surface area contributed by atoms with E-state index >= 15 is 0 Å². The van der Waals surface area contributed by atoms with Crippen molar-refractivity contribution in [2.24, 2.45) is 0 Å². The fraction of sp³-hybridized carbons (Fsp3) is 0.0392. The number of hydrogen-bond acceptors (Lipinski definition) is 2. The molecule has 0 bridgehead atoms. The Bertz CT molecular complexity index is 3070. The second-order valence-corrected chi connectivity index (χ2v) is 14.6. The van der Waals surface area contributed by atoms with Crippen molar-refractivity contribution in [1.82, 2.24) is 19.2 Å². The molecule has 0 radical (unpaired) electrons. The minimum absolute atomic E-state index is 0.0255. The molecule has 1 saturated heterocycles. The van der Waals surface area contributed by atoms with Crippen LogP contribution in [0, 0.1) is 5.41 Å². The maximum Gasteiger partial charge on any atom is 0.144 e. The van der Waals surface area contributed by atoms with Gasteiger partial charge in [-0.2, -0.15) is 5.01 Å². The van der Waals surface area contributed by atoms with Crippen LogP contribution in [0.25, 0.3) is 66.1 Å². The molecular formula is C51H37N5. The third-order valence-electron chi connectivity index (χ3n) is 11.3. The van der Waals surface area contributed by atoms with E-state index in [4.69, 9.17) is 5.41 Å². The number of rotatable bonds is 7. The van der Waals surface area contributed by atoms with E-state index in [1.807, 2.05) is 36.4 Å². The molecular weight excluding hydrogens is 683 g/mol. The molecule has 5 heteroatoms. The number of nitrogens with one attached hydrogen (secondary N) is 1. The average molecular weight is 720 g/mol. The molecule has 1 unspecified atom stereocenters. The molecule has 8 aromatic carbocycles. The van der Waals surface area contributed by atoms with Gasteiger partial charge in [0.25, 0.3) is 0 Å². The van der Waals surface area contributed by atoms with Crippen molar-refractivity contribution in [2.75, 3.05) is 0 Å². The van der Waals surface area contributed by atoms with Gasteiger partial charge in [-0.05, 0) is 76.9 Å². The van der Waals surface area contributed by atoms with Gasteiger partial charge in [0.15, 0.2) is 0 Å². The fourth-order valence-electron chi connectivity index (χ4n) is 8.66. The molecule has 56 heavy (non-hydrogen) atoms. The van der Waals surface area contributed by atoms with Gasteiger partial charge in [0, 0.05) is 45.0 Å². The number of benzene rings is 8. The van der Waals surface area contributed by atoms with Crippen LogP contribution in [0.15, 0.2) is 200 Å². The van der Waals surface area contributed by atoms with Crippen LogP contribution in [0.1, 0.15) is 22.9 Å². The van der Waals surface area contributed by atoms with Crippen LogP contribution < -0.4 is 0 Å². The summed E-state index contributed by atoms with van der Waals surface area (Å²) in [6, 6.07) is 71.3. The molecule has 0 saturated carbocycles. The number of hydrazine groups is 1. The quantitative estimate of drug-likeness (QED) is 0.101. The van der Waals surface area contributed by atoms with Crippen molar-refractivity contribution in [3.8, 4) is 22.5 Å². The first kappa shape index (κ1) is 32.2. The Morgan fingerprint density at radius 3 is 1.66 bits per heavy atom. The summed E-state index contributed by atoms with van der Waals surface area (Å²) in [5, 5.41) is 18.4. The van der Waals surface area contributed by atoms with E-state index < -0.39 is 0 Å². The van der Waals surface area contributed by atoms with Crippen LogP contribution in [-0.2, 0) is 6.54 Å². The summed E-state index contributed by atoms with van der Waals surface area (Å²) in [6.45, 7) is 0.707. The Kier molecular flexibility index (Phi) is 7.47. The highest BCUT2D eigenvalue weighted by Crippen LogP contribution is 2.44. The Labute approximate surface area is 325 Å². The van der Waals surface area contributed by atoms with E-state index in [0.29, 0.717) is 12.4 Å². The lowest BCUT2D eigenvalue weighted by atomic mass is 10.0. The van der Waals surface area contributed by atoms with Gasteiger partial charge < -0.3 is 9.13 Å². The molecule has 2 aromatic heterocycles. The second kappa shape index (κ2) is 13.0. The van der Waals surface area contributed by atoms with E-state index in [0.717, 1.165) is 16.9 Å². The largest absolute Gasteiger partial charge is 0.309 e. The Morgan fingerprint density at radius 2 is 0.946 bits per heavy atom. The van der Waals surface area contributed by atoms with Crippen LogP contribution in [0.2, 0.25) is 0 Å². The topological polar surface area (TPSA) is 39.7 Å². The Hall–Kier alpha value is -7.21. The smallest absolute Gasteiger partial charge is 0.144 e. The molecule has 1 fully saturated rings. The van der Waals surface area contributed by atoms with Crippen LogP contribution >= 0.6 is 0 Å². The number of fused-ring (bicyclic) bond motifs is 6. The second-order valence-electron chi connectivity index (χ2n) is 14.6. The zero-order chi connectivity index (χ0) is 37.2. The number of amidine groups is 1. The zero-order valence-corrected chi connectivity index (χ0v) is 30.6. The number of nitrogens with zero attached hydrogens (tertiary/aromatic N) is 4.